The predicted octanol–water partition coefficient (Wildman–Crippen LogP) is -0.0849. The molecule has 0 bridgehead atoms. The van der Waals surface area contributed by atoms with Crippen molar-refractivity contribution >= 4 is 28.0 Å². The van der Waals surface area contributed by atoms with Crippen molar-refractivity contribution < 1.29 is 41.8 Å². The molecule has 1 aliphatic heterocycles. The zero-order valence-electron chi connectivity index (χ0n) is 17.5. The number of nitrogens with one attached hydrogen (secondary N) is 3. The molecule has 32 heavy (non-hydrogen) atoms. The molecule has 13 heteroatoms. The fraction of sp³-hybridized carbons (Fsp3) is 0.421. The summed E-state index contributed by atoms with van der Waals surface area (Å²) in [6.07, 6.45) is -1.50. The number of hydrogen-bond acceptors (Lipinski definition) is 8. The molecular formula is C19H24FN3O8S. The Kier molecular flexibility index (Phi) is 8.30. The normalized spacial score (nSPS) is 18.3. The highest BCUT2D eigenvalue weighted by atomic mass is 32.2. The van der Waals surface area contributed by atoms with Crippen molar-refractivity contribution in [2.45, 2.75) is 43.9 Å². The lowest BCUT2D eigenvalue weighted by Crippen LogP contribution is -2.51. The van der Waals surface area contributed by atoms with Crippen LogP contribution in [0, 0.1) is 5.82 Å². The Balaban J connectivity index is 2.20. The van der Waals surface area contributed by atoms with Gasteiger partial charge in [-0.1, -0.05) is 0 Å². The summed E-state index contributed by atoms with van der Waals surface area (Å²) >= 11 is 0. The van der Waals surface area contributed by atoms with Crippen LogP contribution in [-0.2, 0) is 29.1 Å². The molecule has 0 unspecified atom stereocenters. The van der Waals surface area contributed by atoms with Crippen LogP contribution in [0.1, 0.15) is 20.8 Å². The molecule has 0 aromatic heterocycles. The monoisotopic (exact) mass is 473 g/mol. The van der Waals surface area contributed by atoms with Crippen molar-refractivity contribution in [1.82, 2.24) is 15.4 Å². The summed E-state index contributed by atoms with van der Waals surface area (Å²) < 4.78 is 50.0. The smallest absolute Gasteiger partial charge is 0.338 e. The van der Waals surface area contributed by atoms with Crippen molar-refractivity contribution in [3.05, 3.63) is 41.4 Å². The van der Waals surface area contributed by atoms with Gasteiger partial charge in [0.15, 0.2) is 0 Å². The summed E-state index contributed by atoms with van der Waals surface area (Å²) in [5.41, 5.74) is -0.0153. The van der Waals surface area contributed by atoms with Crippen LogP contribution in [0.4, 0.5) is 9.18 Å². The van der Waals surface area contributed by atoms with E-state index in [1.54, 1.807) is 6.92 Å². The zero-order chi connectivity index (χ0) is 24.1. The van der Waals surface area contributed by atoms with E-state index >= 15 is 0 Å². The van der Waals surface area contributed by atoms with Crippen molar-refractivity contribution in [2.75, 3.05) is 13.2 Å². The SMILES string of the molecule is CCOC(=O)C1=C(COC(=O)[C@H](NS(=O)(=O)c2ccc(F)cc2)[C@H](C)O)NC(=O)N[C@@H]1C. The number of sulfonamides is 1. The minimum atomic E-state index is -4.30. The van der Waals surface area contributed by atoms with Gasteiger partial charge in [-0.15, -0.1) is 0 Å². The largest absolute Gasteiger partial charge is 0.463 e. The van der Waals surface area contributed by atoms with Gasteiger partial charge in [0.05, 0.1) is 34.9 Å². The van der Waals surface area contributed by atoms with Crippen LogP contribution in [0.15, 0.2) is 40.4 Å². The average Bonchev–Trinajstić information content (AvgIpc) is 2.70. The fourth-order valence-electron chi connectivity index (χ4n) is 2.82. The first-order valence-corrected chi connectivity index (χ1v) is 11.0. The van der Waals surface area contributed by atoms with Crippen LogP contribution in [0.3, 0.4) is 0 Å². The van der Waals surface area contributed by atoms with Crippen LogP contribution < -0.4 is 15.4 Å². The highest BCUT2D eigenvalue weighted by Crippen LogP contribution is 2.16. The first kappa shape index (κ1) is 25.2. The summed E-state index contributed by atoms with van der Waals surface area (Å²) in [6, 6.07) is 0.742. The highest BCUT2D eigenvalue weighted by Gasteiger charge is 2.33. The van der Waals surface area contributed by atoms with Crippen LogP contribution in [0.5, 0.6) is 0 Å². The van der Waals surface area contributed by atoms with Crippen LogP contribution in [0.2, 0.25) is 0 Å². The van der Waals surface area contributed by atoms with Gasteiger partial charge in [-0.25, -0.2) is 22.4 Å². The van der Waals surface area contributed by atoms with E-state index in [2.05, 4.69) is 10.6 Å². The van der Waals surface area contributed by atoms with E-state index in [9.17, 15) is 32.3 Å². The molecule has 0 spiro atoms. The third kappa shape index (κ3) is 6.24. The Hall–Kier alpha value is -3.03. The molecule has 0 fully saturated rings. The molecule has 4 N–H and O–H groups in total. The van der Waals surface area contributed by atoms with E-state index in [0.29, 0.717) is 0 Å². The number of esters is 2. The van der Waals surface area contributed by atoms with Gasteiger partial charge < -0.3 is 25.2 Å². The second kappa shape index (κ2) is 10.5. The predicted molar refractivity (Wildman–Crippen MR) is 108 cm³/mol. The van der Waals surface area contributed by atoms with Crippen molar-refractivity contribution in [3.63, 3.8) is 0 Å². The molecule has 1 aromatic carbocycles. The zero-order valence-corrected chi connectivity index (χ0v) is 18.4. The molecule has 2 amide bonds. The van der Waals surface area contributed by atoms with E-state index in [1.165, 1.54) is 6.92 Å². The maximum absolute atomic E-state index is 13.1. The van der Waals surface area contributed by atoms with Gasteiger partial charge in [0.1, 0.15) is 18.5 Å². The number of carbonyl (C=O) groups is 3. The minimum Gasteiger partial charge on any atom is -0.463 e. The van der Waals surface area contributed by atoms with Crippen molar-refractivity contribution in [2.24, 2.45) is 0 Å². The Labute approximate surface area is 184 Å². The maximum Gasteiger partial charge on any atom is 0.338 e. The molecule has 3 atom stereocenters. The summed E-state index contributed by atoms with van der Waals surface area (Å²) in [6.45, 7) is 3.77. The number of aliphatic hydroxyl groups excluding tert-OH is 1. The van der Waals surface area contributed by atoms with Gasteiger partial charge in [0.2, 0.25) is 10.0 Å². The fourth-order valence-corrected chi connectivity index (χ4v) is 4.08. The van der Waals surface area contributed by atoms with Gasteiger partial charge >= 0.3 is 18.0 Å². The third-order valence-electron chi connectivity index (χ3n) is 4.37. The van der Waals surface area contributed by atoms with Gasteiger partial charge in [-0.3, -0.25) is 4.79 Å². The van der Waals surface area contributed by atoms with E-state index in [1.807, 2.05) is 4.72 Å². The lowest BCUT2D eigenvalue weighted by Gasteiger charge is -2.27. The number of hydrogen-bond donors (Lipinski definition) is 4. The molecular weight excluding hydrogens is 449 g/mol. The highest BCUT2D eigenvalue weighted by molar-refractivity contribution is 7.89. The molecule has 176 valence electrons. The molecule has 2 rings (SSSR count). The topological polar surface area (TPSA) is 160 Å². The average molecular weight is 473 g/mol. The van der Waals surface area contributed by atoms with Gasteiger partial charge in [-0.2, -0.15) is 4.72 Å². The van der Waals surface area contributed by atoms with Gasteiger partial charge in [0.25, 0.3) is 0 Å². The lowest BCUT2D eigenvalue weighted by molar-refractivity contribution is -0.147. The van der Waals surface area contributed by atoms with E-state index < -0.39 is 58.6 Å². The molecule has 0 saturated carbocycles. The standard InChI is InChI=1S/C19H24FN3O8S/c1-4-30-17(25)15-10(2)21-19(27)22-14(15)9-31-18(26)16(11(3)24)23-32(28,29)13-7-5-12(20)6-8-13/h5-8,10-11,16,23-24H,4,9H2,1-3H3,(H2,21,22,27)/t10-,11+,16-/m1/s1. The van der Waals surface area contributed by atoms with E-state index in [0.717, 1.165) is 31.2 Å². The number of benzene rings is 1. The van der Waals surface area contributed by atoms with E-state index in [-0.39, 0.29) is 22.8 Å². The minimum absolute atomic E-state index is 0.0275. The first-order valence-electron chi connectivity index (χ1n) is 9.56. The quantitative estimate of drug-likeness (QED) is 0.362. The van der Waals surface area contributed by atoms with Crippen LogP contribution in [0.25, 0.3) is 0 Å². The molecule has 1 aromatic rings. The van der Waals surface area contributed by atoms with Gasteiger partial charge in [-0.05, 0) is 45.0 Å². The summed E-state index contributed by atoms with van der Waals surface area (Å²) in [7, 11) is -4.30. The van der Waals surface area contributed by atoms with Crippen molar-refractivity contribution in [3.8, 4) is 0 Å². The number of urea groups is 1. The number of amides is 2. The molecule has 0 aliphatic carbocycles. The molecule has 1 heterocycles. The van der Waals surface area contributed by atoms with Gasteiger partial charge in [0, 0.05) is 0 Å². The number of halogens is 1. The lowest BCUT2D eigenvalue weighted by atomic mass is 10.0. The molecule has 1 aliphatic rings. The van der Waals surface area contributed by atoms with Crippen LogP contribution >= 0.6 is 0 Å². The third-order valence-corrected chi connectivity index (χ3v) is 5.82. The van der Waals surface area contributed by atoms with Crippen LogP contribution in [-0.4, -0.2) is 62.9 Å². The number of aliphatic hydroxyl groups is 1. The molecule has 11 nitrogen and oxygen atoms in total. The first-order chi connectivity index (χ1) is 15.0. The maximum atomic E-state index is 13.1. The Morgan fingerprint density at radius 3 is 2.44 bits per heavy atom. The Morgan fingerprint density at radius 1 is 1.25 bits per heavy atom. The Bertz CT molecular complexity index is 1010. The second-order valence-electron chi connectivity index (χ2n) is 6.83. The number of rotatable bonds is 9. The van der Waals surface area contributed by atoms with E-state index in [4.69, 9.17) is 9.47 Å². The summed E-state index contributed by atoms with van der Waals surface area (Å²) in [5.74, 6) is -2.55. The molecule has 0 saturated heterocycles. The molecule has 0 radical (unpaired) electrons. The Morgan fingerprint density at radius 2 is 1.88 bits per heavy atom. The summed E-state index contributed by atoms with van der Waals surface area (Å²) in [4.78, 5) is 36.2. The second-order valence-corrected chi connectivity index (χ2v) is 8.55. The van der Waals surface area contributed by atoms with Crippen molar-refractivity contribution in [1.29, 1.82) is 0 Å². The number of carbonyl (C=O) groups excluding carboxylic acids is 3. The number of ether oxygens (including phenoxy) is 2. The summed E-state index contributed by atoms with van der Waals surface area (Å²) in [5, 5.41) is 14.7.